The summed E-state index contributed by atoms with van der Waals surface area (Å²) in [6, 6.07) is 16.6. The molecular weight excluding hydrogens is 386 g/mol. The highest BCUT2D eigenvalue weighted by atomic mass is 32.2. The van der Waals surface area contributed by atoms with E-state index < -0.39 is 5.25 Å². The van der Waals surface area contributed by atoms with Gasteiger partial charge in [-0.1, -0.05) is 36.9 Å². The molecule has 1 aliphatic heterocycles. The van der Waals surface area contributed by atoms with Crippen LogP contribution in [-0.4, -0.2) is 40.3 Å². The minimum absolute atomic E-state index is 0.00850. The molecule has 0 aromatic heterocycles. The number of benzene rings is 2. The summed E-state index contributed by atoms with van der Waals surface area (Å²) in [7, 11) is 1.61. The second-order valence-electron chi connectivity index (χ2n) is 6.78. The SMILES string of the molecule is CC[C@H](C)N1C(=O)[C@@H](CC(=O)Nc2ccccc2)SC1=Nc1ccc(OC)cc1. The molecular formula is C22H25N3O3S. The maximum Gasteiger partial charge on any atom is 0.242 e. The van der Waals surface area contributed by atoms with Gasteiger partial charge in [-0.25, -0.2) is 4.99 Å². The molecule has 7 heteroatoms. The number of anilines is 1. The van der Waals surface area contributed by atoms with Crippen LogP contribution in [0.1, 0.15) is 26.7 Å². The zero-order chi connectivity index (χ0) is 20.8. The van der Waals surface area contributed by atoms with Gasteiger partial charge in [0, 0.05) is 18.2 Å². The van der Waals surface area contributed by atoms with Crippen molar-refractivity contribution >= 4 is 40.1 Å². The summed E-state index contributed by atoms with van der Waals surface area (Å²) < 4.78 is 5.18. The molecule has 1 fully saturated rings. The van der Waals surface area contributed by atoms with Gasteiger partial charge >= 0.3 is 0 Å². The number of nitrogens with one attached hydrogen (secondary N) is 1. The Labute approximate surface area is 175 Å². The van der Waals surface area contributed by atoms with Crippen LogP contribution in [0.25, 0.3) is 0 Å². The second kappa shape index (κ2) is 9.60. The van der Waals surface area contributed by atoms with Crippen LogP contribution in [0.2, 0.25) is 0 Å². The first-order valence-corrected chi connectivity index (χ1v) is 10.5. The summed E-state index contributed by atoms with van der Waals surface area (Å²) in [5.74, 6) is 0.495. The second-order valence-corrected chi connectivity index (χ2v) is 7.95. The molecule has 0 radical (unpaired) electrons. The minimum atomic E-state index is -0.482. The number of rotatable bonds is 7. The summed E-state index contributed by atoms with van der Waals surface area (Å²) in [5.41, 5.74) is 1.46. The topological polar surface area (TPSA) is 71.0 Å². The number of ether oxygens (including phenoxy) is 1. The summed E-state index contributed by atoms with van der Waals surface area (Å²) >= 11 is 1.35. The maximum atomic E-state index is 13.0. The molecule has 3 rings (SSSR count). The molecule has 0 saturated carbocycles. The zero-order valence-electron chi connectivity index (χ0n) is 16.8. The number of carbonyl (C=O) groups excluding carboxylic acids is 2. The first kappa shape index (κ1) is 20.9. The van der Waals surface area contributed by atoms with Crippen molar-refractivity contribution < 1.29 is 14.3 Å². The molecule has 2 atom stereocenters. The Morgan fingerprint density at radius 2 is 1.90 bits per heavy atom. The molecule has 2 aromatic carbocycles. The van der Waals surface area contributed by atoms with Gasteiger partial charge in [0.1, 0.15) is 11.0 Å². The normalized spacial score (nSPS) is 18.7. The van der Waals surface area contributed by atoms with Crippen LogP contribution in [0.5, 0.6) is 5.75 Å². The van der Waals surface area contributed by atoms with Crippen LogP contribution < -0.4 is 10.1 Å². The molecule has 0 bridgehead atoms. The van der Waals surface area contributed by atoms with E-state index in [1.807, 2.05) is 68.4 Å². The average molecular weight is 412 g/mol. The minimum Gasteiger partial charge on any atom is -0.497 e. The van der Waals surface area contributed by atoms with Crippen molar-refractivity contribution in [2.24, 2.45) is 4.99 Å². The molecule has 1 heterocycles. The van der Waals surface area contributed by atoms with Crippen molar-refractivity contribution in [1.29, 1.82) is 0 Å². The third kappa shape index (κ3) is 5.17. The maximum absolute atomic E-state index is 13.0. The lowest BCUT2D eigenvalue weighted by atomic mass is 10.2. The van der Waals surface area contributed by atoms with Gasteiger partial charge in [-0.15, -0.1) is 0 Å². The highest BCUT2D eigenvalue weighted by molar-refractivity contribution is 8.15. The molecule has 2 aromatic rings. The Morgan fingerprint density at radius 3 is 2.52 bits per heavy atom. The third-order valence-corrected chi connectivity index (χ3v) is 5.88. The van der Waals surface area contributed by atoms with E-state index in [9.17, 15) is 9.59 Å². The first-order valence-electron chi connectivity index (χ1n) is 9.59. The molecule has 1 saturated heterocycles. The van der Waals surface area contributed by atoms with Crippen molar-refractivity contribution in [1.82, 2.24) is 4.90 Å². The molecule has 0 aliphatic carbocycles. The van der Waals surface area contributed by atoms with Gasteiger partial charge in [-0.2, -0.15) is 0 Å². The Balaban J connectivity index is 1.76. The van der Waals surface area contributed by atoms with Crippen LogP contribution in [-0.2, 0) is 9.59 Å². The summed E-state index contributed by atoms with van der Waals surface area (Å²) in [6.07, 6.45) is 0.907. The van der Waals surface area contributed by atoms with Crippen LogP contribution >= 0.6 is 11.8 Å². The van der Waals surface area contributed by atoms with E-state index in [0.717, 1.165) is 23.5 Å². The van der Waals surface area contributed by atoms with E-state index in [4.69, 9.17) is 4.74 Å². The number of carbonyl (C=O) groups is 2. The van der Waals surface area contributed by atoms with Gasteiger partial charge in [0.05, 0.1) is 12.8 Å². The number of thioether (sulfide) groups is 1. The highest BCUT2D eigenvalue weighted by Crippen LogP contribution is 2.34. The molecule has 0 spiro atoms. The smallest absolute Gasteiger partial charge is 0.242 e. The molecule has 152 valence electrons. The Hall–Kier alpha value is -2.80. The predicted molar refractivity (Wildman–Crippen MR) is 118 cm³/mol. The zero-order valence-corrected chi connectivity index (χ0v) is 17.6. The van der Waals surface area contributed by atoms with Gasteiger partial charge in [-0.3, -0.25) is 14.5 Å². The number of aliphatic imine (C=N–C) groups is 1. The molecule has 0 unspecified atom stereocenters. The van der Waals surface area contributed by atoms with Crippen molar-refractivity contribution in [2.75, 3.05) is 12.4 Å². The lowest BCUT2D eigenvalue weighted by Gasteiger charge is -2.23. The Morgan fingerprint density at radius 1 is 1.21 bits per heavy atom. The number of nitrogens with zero attached hydrogens (tertiary/aromatic N) is 2. The number of methoxy groups -OCH3 is 1. The fourth-order valence-electron chi connectivity index (χ4n) is 2.95. The number of amidine groups is 1. The summed E-state index contributed by atoms with van der Waals surface area (Å²) in [5, 5.41) is 3.00. The van der Waals surface area contributed by atoms with E-state index >= 15 is 0 Å². The van der Waals surface area contributed by atoms with E-state index in [0.29, 0.717) is 5.17 Å². The van der Waals surface area contributed by atoms with E-state index in [2.05, 4.69) is 10.3 Å². The Bertz CT molecular complexity index is 884. The van der Waals surface area contributed by atoms with Gasteiger partial charge in [-0.05, 0) is 49.7 Å². The van der Waals surface area contributed by atoms with Crippen LogP contribution in [0.3, 0.4) is 0 Å². The molecule has 1 aliphatic rings. The lowest BCUT2D eigenvalue weighted by Crippen LogP contribution is -2.39. The van der Waals surface area contributed by atoms with Crippen molar-refractivity contribution in [2.45, 2.75) is 38.0 Å². The number of hydrogen-bond acceptors (Lipinski definition) is 5. The quantitative estimate of drug-likeness (QED) is 0.730. The summed E-state index contributed by atoms with van der Waals surface area (Å²) in [4.78, 5) is 31.9. The van der Waals surface area contributed by atoms with Crippen LogP contribution in [0, 0.1) is 0 Å². The van der Waals surface area contributed by atoms with Crippen LogP contribution in [0.15, 0.2) is 59.6 Å². The van der Waals surface area contributed by atoms with E-state index in [1.165, 1.54) is 11.8 Å². The highest BCUT2D eigenvalue weighted by Gasteiger charge is 2.41. The number of para-hydroxylation sites is 1. The average Bonchev–Trinajstić information content (AvgIpc) is 3.03. The van der Waals surface area contributed by atoms with Gasteiger partial charge < -0.3 is 10.1 Å². The fraction of sp³-hybridized carbons (Fsp3) is 0.318. The summed E-state index contributed by atoms with van der Waals surface area (Å²) in [6.45, 7) is 4.03. The van der Waals surface area contributed by atoms with Crippen LogP contribution in [0.4, 0.5) is 11.4 Å². The number of hydrogen-bond donors (Lipinski definition) is 1. The van der Waals surface area contributed by atoms with E-state index in [-0.39, 0.29) is 24.3 Å². The largest absolute Gasteiger partial charge is 0.497 e. The third-order valence-electron chi connectivity index (χ3n) is 4.72. The van der Waals surface area contributed by atoms with Crippen molar-refractivity contribution in [3.63, 3.8) is 0 Å². The van der Waals surface area contributed by atoms with E-state index in [1.54, 1.807) is 12.0 Å². The van der Waals surface area contributed by atoms with Crippen molar-refractivity contribution in [3.05, 3.63) is 54.6 Å². The van der Waals surface area contributed by atoms with Gasteiger partial charge in [0.15, 0.2) is 5.17 Å². The fourth-order valence-corrected chi connectivity index (χ4v) is 4.20. The Kier molecular flexibility index (Phi) is 6.93. The first-order chi connectivity index (χ1) is 14.0. The molecule has 1 N–H and O–H groups in total. The van der Waals surface area contributed by atoms with Gasteiger partial charge in [0.2, 0.25) is 11.8 Å². The lowest BCUT2D eigenvalue weighted by molar-refractivity contribution is -0.129. The molecule has 2 amide bonds. The monoisotopic (exact) mass is 411 g/mol. The predicted octanol–water partition coefficient (Wildman–Crippen LogP) is 4.45. The standard InChI is InChI=1S/C22H25N3O3S/c1-4-15(2)25-21(27)19(14-20(26)23-16-8-6-5-7-9-16)29-22(25)24-17-10-12-18(28-3)13-11-17/h5-13,15,19H,4,14H2,1-3H3,(H,23,26)/t15-,19+/m0/s1. The number of amides is 2. The molecule has 6 nitrogen and oxygen atoms in total. The van der Waals surface area contributed by atoms with Gasteiger partial charge in [0.25, 0.3) is 0 Å². The van der Waals surface area contributed by atoms with Crippen molar-refractivity contribution in [3.8, 4) is 5.75 Å². The molecule has 29 heavy (non-hydrogen) atoms.